The van der Waals surface area contributed by atoms with Crippen LogP contribution in [0, 0.1) is 6.92 Å². The predicted molar refractivity (Wildman–Crippen MR) is 96.4 cm³/mol. The Balaban J connectivity index is 2.15. The van der Waals surface area contributed by atoms with E-state index in [1.165, 1.54) is 30.3 Å². The molecule has 0 aliphatic rings. The third-order valence-electron chi connectivity index (χ3n) is 3.48. The molecule has 2 atom stereocenters. The highest BCUT2D eigenvalue weighted by atomic mass is 35.5. The summed E-state index contributed by atoms with van der Waals surface area (Å²) in [5, 5.41) is 19.7. The monoisotopic (exact) mass is 398 g/mol. The van der Waals surface area contributed by atoms with Crippen molar-refractivity contribution in [2.24, 2.45) is 0 Å². The number of carboxylic acid groups (broad SMARTS) is 2. The molecule has 0 heterocycles. The zero-order valence-electron chi connectivity index (χ0n) is 13.7. The van der Waals surface area contributed by atoms with Crippen LogP contribution in [0.5, 0.6) is 11.5 Å². The SMILES string of the molecule is Cc1cc(Cl)ccc1OC(CC(Oc1ccc(Cl)cc1)C(=O)O)C(=O)O. The van der Waals surface area contributed by atoms with E-state index in [1.807, 2.05) is 0 Å². The molecular formula is C18H16Cl2O6. The van der Waals surface area contributed by atoms with Crippen molar-refractivity contribution in [1.29, 1.82) is 0 Å². The van der Waals surface area contributed by atoms with Crippen molar-refractivity contribution < 1.29 is 29.3 Å². The van der Waals surface area contributed by atoms with Crippen molar-refractivity contribution in [3.05, 3.63) is 58.1 Å². The molecule has 0 saturated carbocycles. The van der Waals surface area contributed by atoms with Crippen LogP contribution in [0.1, 0.15) is 12.0 Å². The highest BCUT2D eigenvalue weighted by Gasteiger charge is 2.30. The minimum Gasteiger partial charge on any atom is -0.479 e. The Morgan fingerprint density at radius 3 is 2.00 bits per heavy atom. The number of benzene rings is 2. The van der Waals surface area contributed by atoms with Gasteiger partial charge >= 0.3 is 11.9 Å². The number of ether oxygens (including phenoxy) is 2. The molecule has 6 nitrogen and oxygen atoms in total. The minimum absolute atomic E-state index is 0.258. The summed E-state index contributed by atoms with van der Waals surface area (Å²) < 4.78 is 10.9. The van der Waals surface area contributed by atoms with Crippen LogP contribution in [0.15, 0.2) is 42.5 Å². The number of aryl methyl sites for hydroxylation is 1. The molecule has 8 heteroatoms. The number of carboxylic acids is 2. The number of halogens is 2. The molecule has 2 rings (SSSR count). The number of rotatable bonds is 8. The van der Waals surface area contributed by atoms with E-state index in [4.69, 9.17) is 32.7 Å². The Hall–Kier alpha value is -2.44. The highest BCUT2D eigenvalue weighted by molar-refractivity contribution is 6.30. The second kappa shape index (κ2) is 8.78. The lowest BCUT2D eigenvalue weighted by atomic mass is 10.1. The van der Waals surface area contributed by atoms with Crippen molar-refractivity contribution in [2.45, 2.75) is 25.6 Å². The fraction of sp³-hybridized carbons (Fsp3) is 0.222. The first-order valence-electron chi connectivity index (χ1n) is 7.57. The van der Waals surface area contributed by atoms with E-state index in [0.29, 0.717) is 21.4 Å². The number of carbonyl (C=O) groups is 2. The summed E-state index contributed by atoms with van der Waals surface area (Å²) in [7, 11) is 0. The Bertz CT molecular complexity index is 791. The molecule has 26 heavy (non-hydrogen) atoms. The highest BCUT2D eigenvalue weighted by Crippen LogP contribution is 2.25. The molecule has 0 fully saturated rings. The first-order chi connectivity index (χ1) is 12.3. The Morgan fingerprint density at radius 1 is 0.923 bits per heavy atom. The molecular weight excluding hydrogens is 383 g/mol. The summed E-state index contributed by atoms with van der Waals surface area (Å²) in [4.78, 5) is 23.0. The van der Waals surface area contributed by atoms with Crippen molar-refractivity contribution >= 4 is 35.1 Å². The molecule has 2 aromatic carbocycles. The molecule has 0 aromatic heterocycles. The number of hydrogen-bond donors (Lipinski definition) is 2. The molecule has 2 aromatic rings. The standard InChI is InChI=1S/C18H16Cl2O6/c1-10-8-12(20)4-7-14(10)26-16(18(23)24)9-15(17(21)22)25-13-5-2-11(19)3-6-13/h2-8,15-16H,9H2,1H3,(H,21,22)(H,23,24). The normalized spacial score (nSPS) is 12.9. The molecule has 0 spiro atoms. The van der Waals surface area contributed by atoms with Crippen molar-refractivity contribution in [3.63, 3.8) is 0 Å². The summed E-state index contributed by atoms with van der Waals surface area (Å²) >= 11 is 11.6. The lowest BCUT2D eigenvalue weighted by Gasteiger charge is -2.21. The Labute approximate surface area is 159 Å². The van der Waals surface area contributed by atoms with E-state index >= 15 is 0 Å². The van der Waals surface area contributed by atoms with E-state index in [2.05, 4.69) is 0 Å². The Kier molecular flexibility index (Phi) is 6.71. The van der Waals surface area contributed by atoms with Gasteiger partial charge in [0, 0.05) is 16.5 Å². The second-order valence-electron chi connectivity index (χ2n) is 5.49. The second-order valence-corrected chi connectivity index (χ2v) is 6.36. The van der Waals surface area contributed by atoms with Crippen LogP contribution in [-0.2, 0) is 9.59 Å². The molecule has 2 unspecified atom stereocenters. The van der Waals surface area contributed by atoms with E-state index in [0.717, 1.165) is 0 Å². The average Bonchev–Trinajstić information content (AvgIpc) is 2.57. The van der Waals surface area contributed by atoms with Crippen LogP contribution >= 0.6 is 23.2 Å². The smallest absolute Gasteiger partial charge is 0.345 e. The fourth-order valence-corrected chi connectivity index (χ4v) is 2.52. The van der Waals surface area contributed by atoms with Gasteiger partial charge in [0.25, 0.3) is 0 Å². The molecule has 2 N–H and O–H groups in total. The van der Waals surface area contributed by atoms with Gasteiger partial charge in [-0.25, -0.2) is 9.59 Å². The predicted octanol–water partition coefficient (Wildman–Crippen LogP) is 4.06. The average molecular weight is 399 g/mol. The maximum Gasteiger partial charge on any atom is 0.345 e. The van der Waals surface area contributed by atoms with Crippen LogP contribution in [0.2, 0.25) is 10.0 Å². The molecule has 0 amide bonds. The number of aliphatic carboxylic acids is 2. The molecule has 0 aliphatic carbocycles. The molecule has 138 valence electrons. The maximum atomic E-state index is 11.5. The van der Waals surface area contributed by atoms with Gasteiger partial charge in [-0.15, -0.1) is 0 Å². The van der Waals surface area contributed by atoms with Gasteiger partial charge in [-0.1, -0.05) is 23.2 Å². The van der Waals surface area contributed by atoms with Crippen LogP contribution in [0.4, 0.5) is 0 Å². The van der Waals surface area contributed by atoms with E-state index in [9.17, 15) is 19.8 Å². The van der Waals surface area contributed by atoms with Gasteiger partial charge in [0.15, 0.2) is 12.2 Å². The summed E-state index contributed by atoms with van der Waals surface area (Å²) in [6, 6.07) is 10.8. The zero-order valence-corrected chi connectivity index (χ0v) is 15.2. The molecule has 0 bridgehead atoms. The van der Waals surface area contributed by atoms with Crippen molar-refractivity contribution in [3.8, 4) is 11.5 Å². The lowest BCUT2D eigenvalue weighted by molar-refractivity contribution is -0.151. The summed E-state index contributed by atoms with van der Waals surface area (Å²) in [6.07, 6.45) is -3.22. The summed E-state index contributed by atoms with van der Waals surface area (Å²) in [5.41, 5.74) is 0.634. The molecule has 0 saturated heterocycles. The largest absolute Gasteiger partial charge is 0.479 e. The zero-order chi connectivity index (χ0) is 19.3. The van der Waals surface area contributed by atoms with Crippen LogP contribution in [-0.4, -0.2) is 34.4 Å². The van der Waals surface area contributed by atoms with Gasteiger partial charge in [-0.05, 0) is 55.0 Å². The summed E-state index contributed by atoms with van der Waals surface area (Å²) in [6.45, 7) is 1.71. The van der Waals surface area contributed by atoms with Gasteiger partial charge in [0.1, 0.15) is 11.5 Å². The van der Waals surface area contributed by atoms with Crippen molar-refractivity contribution in [1.82, 2.24) is 0 Å². The maximum absolute atomic E-state index is 11.5. The quantitative estimate of drug-likeness (QED) is 0.696. The fourth-order valence-electron chi connectivity index (χ4n) is 2.17. The van der Waals surface area contributed by atoms with Gasteiger partial charge in [-0.2, -0.15) is 0 Å². The number of hydrogen-bond acceptors (Lipinski definition) is 4. The van der Waals surface area contributed by atoms with Gasteiger partial charge in [0.05, 0.1) is 0 Å². The summed E-state index contributed by atoms with van der Waals surface area (Å²) in [5.74, 6) is -2.04. The third-order valence-corrected chi connectivity index (χ3v) is 3.96. The first kappa shape index (κ1) is 19.9. The first-order valence-corrected chi connectivity index (χ1v) is 8.32. The van der Waals surface area contributed by atoms with Gasteiger partial charge in [-0.3, -0.25) is 0 Å². The van der Waals surface area contributed by atoms with Gasteiger partial charge in [0.2, 0.25) is 0 Å². The van der Waals surface area contributed by atoms with Crippen LogP contribution in [0.25, 0.3) is 0 Å². The minimum atomic E-state index is -1.41. The van der Waals surface area contributed by atoms with Crippen LogP contribution < -0.4 is 9.47 Å². The molecule has 0 radical (unpaired) electrons. The van der Waals surface area contributed by atoms with E-state index in [-0.39, 0.29) is 5.75 Å². The molecule has 0 aliphatic heterocycles. The topological polar surface area (TPSA) is 93.1 Å². The van der Waals surface area contributed by atoms with Gasteiger partial charge < -0.3 is 19.7 Å². The third kappa shape index (κ3) is 5.54. The van der Waals surface area contributed by atoms with E-state index < -0.39 is 30.6 Å². The Morgan fingerprint density at radius 2 is 1.46 bits per heavy atom. The lowest BCUT2D eigenvalue weighted by Crippen LogP contribution is -2.37. The van der Waals surface area contributed by atoms with Crippen molar-refractivity contribution in [2.75, 3.05) is 0 Å². The van der Waals surface area contributed by atoms with Crippen LogP contribution in [0.3, 0.4) is 0 Å². The van der Waals surface area contributed by atoms with E-state index in [1.54, 1.807) is 19.1 Å².